The van der Waals surface area contributed by atoms with Gasteiger partial charge in [-0.1, -0.05) is 0 Å². The Morgan fingerprint density at radius 2 is 2.16 bits per heavy atom. The van der Waals surface area contributed by atoms with Crippen LogP contribution >= 0.6 is 0 Å². The maximum atomic E-state index is 11.4. The fourth-order valence-electron chi connectivity index (χ4n) is 2.85. The molecule has 1 aliphatic rings. The van der Waals surface area contributed by atoms with Crippen LogP contribution in [-0.2, 0) is 14.3 Å². The van der Waals surface area contributed by atoms with Crippen LogP contribution in [-0.4, -0.2) is 62.4 Å². The van der Waals surface area contributed by atoms with Crippen LogP contribution in [0.5, 0.6) is 0 Å². The van der Waals surface area contributed by atoms with E-state index in [2.05, 4.69) is 11.8 Å². The lowest BCUT2D eigenvalue weighted by molar-refractivity contribution is -0.123. The van der Waals surface area contributed by atoms with E-state index >= 15 is 0 Å². The zero-order valence-electron chi connectivity index (χ0n) is 12.2. The van der Waals surface area contributed by atoms with Crippen molar-refractivity contribution in [3.63, 3.8) is 0 Å². The summed E-state index contributed by atoms with van der Waals surface area (Å²) < 4.78 is 10.4. The molecular weight excluding hydrogens is 246 g/mol. The van der Waals surface area contributed by atoms with Gasteiger partial charge in [0.25, 0.3) is 0 Å². The molecule has 1 amide bonds. The van der Waals surface area contributed by atoms with E-state index in [9.17, 15) is 4.79 Å². The SMILES string of the molecule is COCCN(C(C)COC)C1CCC(N)(C(N)=O)C1. The van der Waals surface area contributed by atoms with Crippen molar-refractivity contribution in [2.45, 2.75) is 43.8 Å². The summed E-state index contributed by atoms with van der Waals surface area (Å²) in [5, 5.41) is 0. The predicted octanol–water partition coefficient (Wildman–Crippen LogP) is -0.295. The van der Waals surface area contributed by atoms with Crippen LogP contribution in [0.4, 0.5) is 0 Å². The van der Waals surface area contributed by atoms with Gasteiger partial charge < -0.3 is 20.9 Å². The Bertz CT molecular complexity index is 301. The second kappa shape index (κ2) is 7.19. The van der Waals surface area contributed by atoms with Crippen molar-refractivity contribution < 1.29 is 14.3 Å². The Hall–Kier alpha value is -0.690. The summed E-state index contributed by atoms with van der Waals surface area (Å²) in [5.41, 5.74) is 10.6. The second-order valence-corrected chi connectivity index (χ2v) is 5.45. The number of methoxy groups -OCH3 is 2. The van der Waals surface area contributed by atoms with Gasteiger partial charge >= 0.3 is 0 Å². The molecule has 0 aliphatic heterocycles. The highest BCUT2D eigenvalue weighted by Crippen LogP contribution is 2.32. The number of nitrogens with two attached hydrogens (primary N) is 2. The fourth-order valence-corrected chi connectivity index (χ4v) is 2.85. The van der Waals surface area contributed by atoms with Crippen molar-refractivity contribution in [3.05, 3.63) is 0 Å². The van der Waals surface area contributed by atoms with Gasteiger partial charge in [0.1, 0.15) is 0 Å². The Morgan fingerprint density at radius 1 is 1.47 bits per heavy atom. The number of rotatable bonds is 8. The lowest BCUT2D eigenvalue weighted by Gasteiger charge is -2.34. The molecule has 0 saturated heterocycles. The molecule has 0 spiro atoms. The number of carbonyl (C=O) groups is 1. The third-order valence-corrected chi connectivity index (χ3v) is 4.01. The quantitative estimate of drug-likeness (QED) is 0.634. The third-order valence-electron chi connectivity index (χ3n) is 4.01. The normalized spacial score (nSPS) is 28.8. The topological polar surface area (TPSA) is 90.8 Å². The van der Waals surface area contributed by atoms with Crippen molar-refractivity contribution in [2.75, 3.05) is 34.0 Å². The number of hydrogen-bond donors (Lipinski definition) is 2. The first-order chi connectivity index (χ1) is 8.94. The Kier molecular flexibility index (Phi) is 6.19. The summed E-state index contributed by atoms with van der Waals surface area (Å²) in [6.45, 7) is 4.22. The maximum Gasteiger partial charge on any atom is 0.237 e. The van der Waals surface area contributed by atoms with E-state index in [1.807, 2.05) is 0 Å². The van der Waals surface area contributed by atoms with E-state index < -0.39 is 11.4 Å². The van der Waals surface area contributed by atoms with Gasteiger partial charge in [-0.2, -0.15) is 0 Å². The van der Waals surface area contributed by atoms with Crippen molar-refractivity contribution in [1.29, 1.82) is 0 Å². The minimum atomic E-state index is -0.858. The number of carbonyl (C=O) groups excluding carboxylic acids is 1. The smallest absolute Gasteiger partial charge is 0.237 e. The van der Waals surface area contributed by atoms with Crippen LogP contribution in [0, 0.1) is 0 Å². The monoisotopic (exact) mass is 273 g/mol. The molecule has 0 radical (unpaired) electrons. The molecule has 112 valence electrons. The minimum absolute atomic E-state index is 0.262. The van der Waals surface area contributed by atoms with Crippen LogP contribution in [0.25, 0.3) is 0 Å². The molecule has 0 bridgehead atoms. The molecule has 3 atom stereocenters. The third kappa shape index (κ3) is 4.14. The second-order valence-electron chi connectivity index (χ2n) is 5.45. The van der Waals surface area contributed by atoms with Gasteiger partial charge in [-0.3, -0.25) is 9.69 Å². The summed E-state index contributed by atoms with van der Waals surface area (Å²) >= 11 is 0. The van der Waals surface area contributed by atoms with E-state index in [1.54, 1.807) is 14.2 Å². The zero-order chi connectivity index (χ0) is 14.5. The van der Waals surface area contributed by atoms with Gasteiger partial charge in [-0.15, -0.1) is 0 Å². The van der Waals surface area contributed by atoms with E-state index in [0.717, 1.165) is 13.0 Å². The van der Waals surface area contributed by atoms with Gasteiger partial charge in [0.15, 0.2) is 0 Å². The molecule has 6 nitrogen and oxygen atoms in total. The molecular formula is C13H27N3O3. The zero-order valence-corrected chi connectivity index (χ0v) is 12.2. The number of primary amides is 1. The van der Waals surface area contributed by atoms with Crippen LogP contribution in [0.3, 0.4) is 0 Å². The van der Waals surface area contributed by atoms with E-state index in [1.165, 1.54) is 0 Å². The lowest BCUT2D eigenvalue weighted by atomic mass is 9.98. The van der Waals surface area contributed by atoms with Crippen molar-refractivity contribution in [2.24, 2.45) is 11.5 Å². The Labute approximate surface area is 115 Å². The molecule has 4 N–H and O–H groups in total. The summed E-state index contributed by atoms with van der Waals surface area (Å²) in [4.78, 5) is 13.7. The molecule has 1 rings (SSSR count). The fraction of sp³-hybridized carbons (Fsp3) is 0.923. The van der Waals surface area contributed by atoms with Gasteiger partial charge in [-0.25, -0.2) is 0 Å². The highest BCUT2D eigenvalue weighted by molar-refractivity contribution is 5.84. The molecule has 1 fully saturated rings. The molecule has 0 aromatic rings. The highest BCUT2D eigenvalue weighted by Gasteiger charge is 2.43. The number of hydrogen-bond acceptors (Lipinski definition) is 5. The van der Waals surface area contributed by atoms with Gasteiger partial charge in [0, 0.05) is 32.8 Å². The van der Waals surface area contributed by atoms with Crippen molar-refractivity contribution in [3.8, 4) is 0 Å². The van der Waals surface area contributed by atoms with Crippen LogP contribution in [0.2, 0.25) is 0 Å². The molecule has 1 saturated carbocycles. The summed E-state index contributed by atoms with van der Waals surface area (Å²) in [7, 11) is 3.38. The number of ether oxygens (including phenoxy) is 2. The molecule has 0 aromatic heterocycles. The molecule has 0 heterocycles. The largest absolute Gasteiger partial charge is 0.383 e. The summed E-state index contributed by atoms with van der Waals surface area (Å²) in [6.07, 6.45) is 2.15. The standard InChI is InChI=1S/C13H27N3O3/c1-10(9-19-3)16(6-7-18-2)11-4-5-13(15,8-11)12(14)17/h10-11H,4-9,15H2,1-3H3,(H2,14,17). The van der Waals surface area contributed by atoms with Gasteiger partial charge in [-0.05, 0) is 26.2 Å². The van der Waals surface area contributed by atoms with Gasteiger partial charge in [0.2, 0.25) is 5.91 Å². The Balaban J connectivity index is 2.68. The van der Waals surface area contributed by atoms with E-state index in [4.69, 9.17) is 20.9 Å². The first kappa shape index (κ1) is 16.4. The highest BCUT2D eigenvalue weighted by atomic mass is 16.5. The van der Waals surface area contributed by atoms with Crippen molar-refractivity contribution in [1.82, 2.24) is 4.90 Å². The average molecular weight is 273 g/mol. The minimum Gasteiger partial charge on any atom is -0.383 e. The number of amides is 1. The molecule has 0 aromatic carbocycles. The van der Waals surface area contributed by atoms with E-state index in [0.29, 0.717) is 26.1 Å². The van der Waals surface area contributed by atoms with Crippen LogP contribution < -0.4 is 11.5 Å². The molecule has 1 aliphatic carbocycles. The number of nitrogens with zero attached hydrogens (tertiary/aromatic N) is 1. The Morgan fingerprint density at radius 3 is 2.63 bits per heavy atom. The maximum absolute atomic E-state index is 11.4. The van der Waals surface area contributed by atoms with Gasteiger partial charge in [0.05, 0.1) is 18.8 Å². The molecule has 3 unspecified atom stereocenters. The van der Waals surface area contributed by atoms with Crippen LogP contribution in [0.15, 0.2) is 0 Å². The first-order valence-electron chi connectivity index (χ1n) is 6.77. The molecule has 19 heavy (non-hydrogen) atoms. The average Bonchev–Trinajstić information content (AvgIpc) is 2.74. The van der Waals surface area contributed by atoms with Crippen LogP contribution in [0.1, 0.15) is 26.2 Å². The first-order valence-corrected chi connectivity index (χ1v) is 6.77. The lowest BCUT2D eigenvalue weighted by Crippen LogP contribution is -2.52. The summed E-state index contributed by atoms with van der Waals surface area (Å²) in [6, 6.07) is 0.526. The van der Waals surface area contributed by atoms with E-state index in [-0.39, 0.29) is 12.1 Å². The molecule has 6 heteroatoms. The summed E-state index contributed by atoms with van der Waals surface area (Å²) in [5.74, 6) is -0.402. The van der Waals surface area contributed by atoms with Crippen molar-refractivity contribution >= 4 is 5.91 Å². The predicted molar refractivity (Wildman–Crippen MR) is 73.7 cm³/mol.